The second kappa shape index (κ2) is 5.53. The average molecular weight is 259 g/mol. The first-order valence-corrected chi connectivity index (χ1v) is 6.07. The van der Waals surface area contributed by atoms with Crippen LogP contribution in [-0.4, -0.2) is 58.8 Å². The second-order valence-electron chi connectivity index (χ2n) is 4.58. The van der Waals surface area contributed by atoms with Gasteiger partial charge in [0.25, 0.3) is 0 Å². The maximum Gasteiger partial charge on any atom is 0.408 e. The van der Waals surface area contributed by atoms with Crippen molar-refractivity contribution in [2.45, 2.75) is 44.1 Å². The van der Waals surface area contributed by atoms with Crippen molar-refractivity contribution in [2.75, 3.05) is 13.2 Å². The van der Waals surface area contributed by atoms with Crippen LogP contribution < -0.4 is 0 Å². The first-order valence-electron chi connectivity index (χ1n) is 6.07. The maximum atomic E-state index is 11.0. The molecule has 0 aromatic carbocycles. The van der Waals surface area contributed by atoms with Gasteiger partial charge in [0.05, 0.1) is 12.6 Å². The van der Waals surface area contributed by atoms with E-state index in [1.54, 1.807) is 0 Å². The lowest BCUT2D eigenvalue weighted by molar-refractivity contribution is -0.185. The third-order valence-corrected chi connectivity index (χ3v) is 3.28. The molecule has 2 aliphatic rings. The van der Waals surface area contributed by atoms with E-state index < -0.39 is 24.2 Å². The highest BCUT2D eigenvalue weighted by Crippen LogP contribution is 2.24. The van der Waals surface area contributed by atoms with Crippen LogP contribution in [0.4, 0.5) is 4.79 Å². The SMILES string of the molecule is O=C(O)[C@@H]1C[C@@H](OC2CCCCO2)CN1C(=O)O. The molecule has 2 aliphatic heterocycles. The Hall–Kier alpha value is -1.34. The first kappa shape index (κ1) is 13.1. The number of carboxylic acid groups (broad SMARTS) is 2. The summed E-state index contributed by atoms with van der Waals surface area (Å²) in [5.41, 5.74) is 0. The lowest BCUT2D eigenvalue weighted by Gasteiger charge is -2.25. The van der Waals surface area contributed by atoms with E-state index in [1.807, 2.05) is 0 Å². The number of ether oxygens (including phenoxy) is 2. The van der Waals surface area contributed by atoms with E-state index in [2.05, 4.69) is 0 Å². The Kier molecular flexibility index (Phi) is 4.03. The van der Waals surface area contributed by atoms with Crippen LogP contribution in [-0.2, 0) is 14.3 Å². The quantitative estimate of drug-likeness (QED) is 0.775. The zero-order chi connectivity index (χ0) is 13.1. The Balaban J connectivity index is 1.91. The molecule has 7 heteroatoms. The molecule has 7 nitrogen and oxygen atoms in total. The number of rotatable bonds is 3. The lowest BCUT2D eigenvalue weighted by Crippen LogP contribution is -2.39. The Morgan fingerprint density at radius 3 is 2.56 bits per heavy atom. The second-order valence-corrected chi connectivity index (χ2v) is 4.58. The van der Waals surface area contributed by atoms with E-state index in [-0.39, 0.29) is 19.3 Å². The van der Waals surface area contributed by atoms with Crippen molar-refractivity contribution >= 4 is 12.1 Å². The molecule has 0 aromatic rings. The van der Waals surface area contributed by atoms with Gasteiger partial charge in [-0.3, -0.25) is 4.90 Å². The molecule has 0 bridgehead atoms. The number of aliphatic carboxylic acids is 1. The van der Waals surface area contributed by atoms with Crippen molar-refractivity contribution in [2.24, 2.45) is 0 Å². The van der Waals surface area contributed by atoms with Crippen LogP contribution in [0, 0.1) is 0 Å². The Bertz CT molecular complexity index is 305. The molecular weight excluding hydrogens is 242 g/mol. The smallest absolute Gasteiger partial charge is 0.408 e. The highest BCUT2D eigenvalue weighted by molar-refractivity contribution is 5.80. The van der Waals surface area contributed by atoms with Gasteiger partial charge in [-0.2, -0.15) is 0 Å². The summed E-state index contributed by atoms with van der Waals surface area (Å²) < 4.78 is 11.0. The van der Waals surface area contributed by atoms with Gasteiger partial charge < -0.3 is 19.7 Å². The number of hydrogen-bond donors (Lipinski definition) is 2. The van der Waals surface area contributed by atoms with E-state index in [0.29, 0.717) is 6.61 Å². The standard InChI is InChI=1S/C11H17NO6/c13-10(14)8-5-7(6-12(8)11(15)16)18-9-3-1-2-4-17-9/h7-9H,1-6H2,(H,13,14)(H,15,16)/t7-,8+,9?/m1/s1. The van der Waals surface area contributed by atoms with Crippen molar-refractivity contribution in [3.8, 4) is 0 Å². The molecule has 2 rings (SSSR count). The number of nitrogens with zero attached hydrogens (tertiary/aromatic N) is 1. The predicted octanol–water partition coefficient (Wildman–Crippen LogP) is 0.735. The zero-order valence-corrected chi connectivity index (χ0v) is 9.95. The molecule has 0 aromatic heterocycles. The monoisotopic (exact) mass is 259 g/mol. The summed E-state index contributed by atoms with van der Waals surface area (Å²) in [7, 11) is 0. The fraction of sp³-hybridized carbons (Fsp3) is 0.818. The summed E-state index contributed by atoms with van der Waals surface area (Å²) >= 11 is 0. The van der Waals surface area contributed by atoms with Gasteiger partial charge in [-0.05, 0) is 19.3 Å². The molecule has 2 fully saturated rings. The molecule has 102 valence electrons. The third-order valence-electron chi connectivity index (χ3n) is 3.28. The highest BCUT2D eigenvalue weighted by Gasteiger charge is 2.41. The molecule has 0 saturated carbocycles. The van der Waals surface area contributed by atoms with Crippen molar-refractivity contribution in [1.29, 1.82) is 0 Å². The van der Waals surface area contributed by atoms with Crippen molar-refractivity contribution < 1.29 is 29.3 Å². The van der Waals surface area contributed by atoms with Crippen LogP contribution in [0.3, 0.4) is 0 Å². The van der Waals surface area contributed by atoms with E-state index in [9.17, 15) is 9.59 Å². The molecule has 18 heavy (non-hydrogen) atoms. The summed E-state index contributed by atoms with van der Waals surface area (Å²) in [6.07, 6.45) is 1.03. The molecule has 2 N–H and O–H groups in total. The topological polar surface area (TPSA) is 96.3 Å². The largest absolute Gasteiger partial charge is 0.480 e. The van der Waals surface area contributed by atoms with Crippen LogP contribution in [0.1, 0.15) is 25.7 Å². The van der Waals surface area contributed by atoms with Gasteiger partial charge in [0.15, 0.2) is 6.29 Å². The molecule has 1 unspecified atom stereocenters. The fourth-order valence-electron chi connectivity index (χ4n) is 2.37. The summed E-state index contributed by atoms with van der Waals surface area (Å²) in [5.74, 6) is -1.13. The van der Waals surface area contributed by atoms with Crippen molar-refractivity contribution in [3.63, 3.8) is 0 Å². The molecule has 0 spiro atoms. The van der Waals surface area contributed by atoms with Crippen LogP contribution in [0.5, 0.6) is 0 Å². The molecule has 2 saturated heterocycles. The zero-order valence-electron chi connectivity index (χ0n) is 9.95. The molecule has 2 heterocycles. The Morgan fingerprint density at radius 1 is 1.28 bits per heavy atom. The summed E-state index contributed by atoms with van der Waals surface area (Å²) in [4.78, 5) is 22.8. The molecule has 1 amide bonds. The average Bonchev–Trinajstić information content (AvgIpc) is 2.74. The lowest BCUT2D eigenvalue weighted by atomic mass is 10.2. The van der Waals surface area contributed by atoms with Crippen LogP contribution in [0.25, 0.3) is 0 Å². The molecule has 3 atom stereocenters. The van der Waals surface area contributed by atoms with E-state index in [1.165, 1.54) is 0 Å². The fourth-order valence-corrected chi connectivity index (χ4v) is 2.37. The van der Waals surface area contributed by atoms with Crippen LogP contribution >= 0.6 is 0 Å². The highest BCUT2D eigenvalue weighted by atomic mass is 16.7. The normalized spacial score (nSPS) is 32.4. The number of carboxylic acids is 1. The Morgan fingerprint density at radius 2 is 2.06 bits per heavy atom. The van der Waals surface area contributed by atoms with Crippen molar-refractivity contribution in [3.05, 3.63) is 0 Å². The van der Waals surface area contributed by atoms with Crippen LogP contribution in [0.15, 0.2) is 0 Å². The van der Waals surface area contributed by atoms with Gasteiger partial charge in [0, 0.05) is 13.0 Å². The van der Waals surface area contributed by atoms with Gasteiger partial charge in [-0.1, -0.05) is 0 Å². The first-order chi connectivity index (χ1) is 8.58. The number of likely N-dealkylation sites (tertiary alicyclic amines) is 1. The number of amides is 1. The molecule has 0 radical (unpaired) electrons. The van der Waals surface area contributed by atoms with Crippen molar-refractivity contribution in [1.82, 2.24) is 4.90 Å². The minimum atomic E-state index is -1.22. The Labute approximate surface area is 104 Å². The minimum absolute atomic E-state index is 0.0894. The van der Waals surface area contributed by atoms with Gasteiger partial charge in [-0.25, -0.2) is 9.59 Å². The summed E-state index contributed by atoms with van der Waals surface area (Å²) in [6, 6.07) is -1.02. The minimum Gasteiger partial charge on any atom is -0.480 e. The van der Waals surface area contributed by atoms with Crippen LogP contribution in [0.2, 0.25) is 0 Å². The summed E-state index contributed by atoms with van der Waals surface area (Å²) in [5, 5.41) is 17.9. The molecular formula is C11H17NO6. The number of carbonyl (C=O) groups is 2. The van der Waals surface area contributed by atoms with E-state index in [0.717, 1.165) is 24.2 Å². The molecule has 0 aliphatic carbocycles. The third kappa shape index (κ3) is 2.91. The van der Waals surface area contributed by atoms with E-state index in [4.69, 9.17) is 19.7 Å². The number of hydrogen-bond acceptors (Lipinski definition) is 4. The van der Waals surface area contributed by atoms with Gasteiger partial charge in [0.1, 0.15) is 6.04 Å². The van der Waals surface area contributed by atoms with Gasteiger partial charge in [-0.15, -0.1) is 0 Å². The summed E-state index contributed by atoms with van der Waals surface area (Å²) in [6.45, 7) is 0.731. The van der Waals surface area contributed by atoms with Gasteiger partial charge >= 0.3 is 12.1 Å². The van der Waals surface area contributed by atoms with E-state index >= 15 is 0 Å². The van der Waals surface area contributed by atoms with Gasteiger partial charge in [0.2, 0.25) is 0 Å². The maximum absolute atomic E-state index is 11.0. The predicted molar refractivity (Wildman–Crippen MR) is 59.2 cm³/mol.